The fourth-order valence-corrected chi connectivity index (χ4v) is 4.28. The summed E-state index contributed by atoms with van der Waals surface area (Å²) in [5.74, 6) is -0.959. The Hall–Kier alpha value is -4.91. The highest BCUT2D eigenvalue weighted by Gasteiger charge is 2.14. The summed E-state index contributed by atoms with van der Waals surface area (Å²) in [5.41, 5.74) is 5.91. The van der Waals surface area contributed by atoms with Crippen molar-refractivity contribution < 1.29 is 19.4 Å². The lowest BCUT2D eigenvalue weighted by molar-refractivity contribution is 0.0600. The number of rotatable bonds is 6. The number of para-hydroxylation sites is 1. The van der Waals surface area contributed by atoms with Crippen LogP contribution in [0.5, 0.6) is 5.75 Å². The number of carbonyl (C=O) groups is 2. The lowest BCUT2D eigenvalue weighted by Crippen LogP contribution is -2.17. The molecule has 0 aliphatic rings. The molecule has 0 atom stereocenters. The minimum atomic E-state index is -0.502. The van der Waals surface area contributed by atoms with Crippen LogP contribution in [0.3, 0.4) is 0 Å². The molecule has 5 aromatic rings. The molecule has 2 N–H and O–H groups in total. The van der Waals surface area contributed by atoms with E-state index >= 15 is 0 Å². The highest BCUT2D eigenvalue weighted by Crippen LogP contribution is 2.28. The van der Waals surface area contributed by atoms with Crippen molar-refractivity contribution >= 4 is 39.8 Å². The zero-order valence-electron chi connectivity index (χ0n) is 19.5. The molecule has 1 amide bonds. The van der Waals surface area contributed by atoms with Crippen molar-refractivity contribution in [3.05, 3.63) is 113 Å². The summed E-state index contributed by atoms with van der Waals surface area (Å²) in [6.45, 7) is 0.538. The summed E-state index contributed by atoms with van der Waals surface area (Å²) < 4.78 is 6.89. The molecule has 0 radical (unpaired) electrons. The SMILES string of the molecule is COC(=O)c1cccc(Cn2cc(/C=N\NC(=O)c3ccc4ccccc4c3O)c3ccccc32)c1. The molecule has 178 valence electrons. The van der Waals surface area contributed by atoms with Gasteiger partial charge in [0.15, 0.2) is 0 Å². The lowest BCUT2D eigenvalue weighted by atomic mass is 10.1. The van der Waals surface area contributed by atoms with Crippen LogP contribution in [-0.4, -0.2) is 34.9 Å². The average Bonchev–Trinajstić information content (AvgIpc) is 3.25. The van der Waals surface area contributed by atoms with E-state index in [0.29, 0.717) is 17.5 Å². The van der Waals surface area contributed by atoms with Crippen molar-refractivity contribution in [3.8, 4) is 5.75 Å². The second-order valence-electron chi connectivity index (χ2n) is 8.30. The van der Waals surface area contributed by atoms with E-state index in [1.165, 1.54) is 7.11 Å². The van der Waals surface area contributed by atoms with Crippen LogP contribution in [0.4, 0.5) is 0 Å². The first-order chi connectivity index (χ1) is 17.5. The Morgan fingerprint density at radius 3 is 2.58 bits per heavy atom. The van der Waals surface area contributed by atoms with Gasteiger partial charge in [0.05, 0.1) is 24.5 Å². The summed E-state index contributed by atoms with van der Waals surface area (Å²) in [4.78, 5) is 24.6. The Morgan fingerprint density at radius 2 is 1.75 bits per heavy atom. The molecule has 0 spiro atoms. The van der Waals surface area contributed by atoms with Gasteiger partial charge in [0.25, 0.3) is 5.91 Å². The molecule has 5 rings (SSSR count). The van der Waals surface area contributed by atoms with E-state index in [9.17, 15) is 14.7 Å². The maximum atomic E-state index is 12.7. The number of nitrogens with zero attached hydrogens (tertiary/aromatic N) is 2. The number of ether oxygens (including phenoxy) is 1. The van der Waals surface area contributed by atoms with E-state index in [4.69, 9.17) is 4.74 Å². The Morgan fingerprint density at radius 1 is 0.972 bits per heavy atom. The molecule has 0 saturated heterocycles. The summed E-state index contributed by atoms with van der Waals surface area (Å²) in [7, 11) is 1.36. The van der Waals surface area contributed by atoms with Crippen LogP contribution in [-0.2, 0) is 11.3 Å². The second-order valence-corrected chi connectivity index (χ2v) is 8.30. The zero-order valence-corrected chi connectivity index (χ0v) is 19.5. The van der Waals surface area contributed by atoms with Gasteiger partial charge in [-0.3, -0.25) is 4.79 Å². The van der Waals surface area contributed by atoms with Crippen LogP contribution in [0, 0.1) is 0 Å². The molecule has 0 fully saturated rings. The zero-order chi connectivity index (χ0) is 25.1. The summed E-state index contributed by atoms with van der Waals surface area (Å²) >= 11 is 0. The lowest BCUT2D eigenvalue weighted by Gasteiger charge is -2.07. The van der Waals surface area contributed by atoms with Gasteiger partial charge in [-0.2, -0.15) is 5.10 Å². The third-order valence-electron chi connectivity index (χ3n) is 6.04. The number of aromatic hydroxyl groups is 1. The van der Waals surface area contributed by atoms with Gasteiger partial charge in [0.2, 0.25) is 0 Å². The molecule has 0 unspecified atom stereocenters. The fourth-order valence-electron chi connectivity index (χ4n) is 4.28. The molecule has 0 saturated carbocycles. The van der Waals surface area contributed by atoms with E-state index in [2.05, 4.69) is 15.1 Å². The topological polar surface area (TPSA) is 92.9 Å². The Labute approximate surface area is 207 Å². The van der Waals surface area contributed by atoms with E-state index in [0.717, 1.165) is 27.4 Å². The maximum absolute atomic E-state index is 12.7. The number of esters is 1. The predicted octanol–water partition coefficient (Wildman–Crippen LogP) is 5.10. The predicted molar refractivity (Wildman–Crippen MR) is 139 cm³/mol. The average molecular weight is 478 g/mol. The largest absolute Gasteiger partial charge is 0.506 e. The molecular weight excluding hydrogens is 454 g/mol. The summed E-state index contributed by atoms with van der Waals surface area (Å²) in [6, 6.07) is 25.9. The summed E-state index contributed by atoms with van der Waals surface area (Å²) in [5, 5.41) is 17.1. The van der Waals surface area contributed by atoms with Gasteiger partial charge >= 0.3 is 5.97 Å². The minimum absolute atomic E-state index is 0.0772. The number of nitrogens with one attached hydrogen (secondary N) is 1. The number of phenols is 1. The number of methoxy groups -OCH3 is 1. The first kappa shape index (κ1) is 22.9. The van der Waals surface area contributed by atoms with Crippen molar-refractivity contribution in [2.24, 2.45) is 5.10 Å². The highest BCUT2D eigenvalue weighted by atomic mass is 16.5. The van der Waals surface area contributed by atoms with Gasteiger partial charge in [-0.05, 0) is 35.2 Å². The number of carbonyl (C=O) groups excluding carboxylic acids is 2. The van der Waals surface area contributed by atoms with E-state index < -0.39 is 5.91 Å². The molecule has 4 aromatic carbocycles. The van der Waals surface area contributed by atoms with Gasteiger partial charge in [0, 0.05) is 34.6 Å². The monoisotopic (exact) mass is 477 g/mol. The number of hydrazone groups is 1. The highest BCUT2D eigenvalue weighted by molar-refractivity contribution is 6.04. The molecule has 7 heteroatoms. The number of fused-ring (bicyclic) bond motifs is 2. The first-order valence-electron chi connectivity index (χ1n) is 11.3. The molecule has 0 bridgehead atoms. The van der Waals surface area contributed by atoms with Crippen LogP contribution < -0.4 is 5.43 Å². The van der Waals surface area contributed by atoms with Crippen LogP contribution in [0.2, 0.25) is 0 Å². The van der Waals surface area contributed by atoms with Crippen LogP contribution >= 0.6 is 0 Å². The second kappa shape index (κ2) is 9.76. The van der Waals surface area contributed by atoms with E-state index in [1.54, 1.807) is 30.5 Å². The molecule has 0 aliphatic heterocycles. The first-order valence-corrected chi connectivity index (χ1v) is 11.3. The Kier molecular flexibility index (Phi) is 6.19. The van der Waals surface area contributed by atoms with Crippen LogP contribution in [0.1, 0.15) is 31.8 Å². The molecule has 1 heterocycles. The fraction of sp³-hybridized carbons (Fsp3) is 0.0690. The van der Waals surface area contributed by atoms with Crippen LogP contribution in [0.15, 0.2) is 96.2 Å². The van der Waals surface area contributed by atoms with Gasteiger partial charge in [-0.25, -0.2) is 10.2 Å². The van der Waals surface area contributed by atoms with Crippen molar-refractivity contribution in [3.63, 3.8) is 0 Å². The number of amides is 1. The molecule has 1 aromatic heterocycles. The number of aromatic nitrogens is 1. The van der Waals surface area contributed by atoms with Crippen molar-refractivity contribution in [1.29, 1.82) is 0 Å². The molecular formula is C29H23N3O4. The number of hydrogen-bond acceptors (Lipinski definition) is 5. The Balaban J connectivity index is 1.39. The molecule has 0 aliphatic carbocycles. The van der Waals surface area contributed by atoms with Gasteiger partial charge in [-0.15, -0.1) is 0 Å². The van der Waals surface area contributed by atoms with E-state index in [1.807, 2.05) is 66.9 Å². The Bertz CT molecular complexity index is 1630. The van der Waals surface area contributed by atoms with Crippen molar-refractivity contribution in [1.82, 2.24) is 9.99 Å². The van der Waals surface area contributed by atoms with Gasteiger partial charge in [-0.1, -0.05) is 60.7 Å². The van der Waals surface area contributed by atoms with Crippen LogP contribution in [0.25, 0.3) is 21.7 Å². The number of phenolic OH excluding ortho intramolecular Hbond substituents is 1. The number of hydrogen-bond donors (Lipinski definition) is 2. The third-order valence-corrected chi connectivity index (χ3v) is 6.04. The normalized spacial score (nSPS) is 11.2. The quantitative estimate of drug-likeness (QED) is 0.202. The third kappa shape index (κ3) is 4.42. The van der Waals surface area contributed by atoms with E-state index in [-0.39, 0.29) is 17.3 Å². The standard InChI is InChI=1S/C29H23N3O4/c1-36-29(35)21-9-6-7-19(15-21)17-32-18-22(23-10-4-5-12-26(23)32)16-30-31-28(34)25-14-13-20-8-2-3-11-24(20)27(25)33/h2-16,18,33H,17H2,1H3,(H,31,34)/b30-16-. The maximum Gasteiger partial charge on any atom is 0.337 e. The van der Waals surface area contributed by atoms with Crippen molar-refractivity contribution in [2.45, 2.75) is 6.54 Å². The molecule has 36 heavy (non-hydrogen) atoms. The van der Waals surface area contributed by atoms with Gasteiger partial charge in [0.1, 0.15) is 5.75 Å². The smallest absolute Gasteiger partial charge is 0.337 e. The van der Waals surface area contributed by atoms with Crippen molar-refractivity contribution in [2.75, 3.05) is 7.11 Å². The molecule has 7 nitrogen and oxygen atoms in total. The summed E-state index contributed by atoms with van der Waals surface area (Å²) in [6.07, 6.45) is 3.53. The number of benzene rings is 4. The minimum Gasteiger partial charge on any atom is -0.506 e. The van der Waals surface area contributed by atoms with Gasteiger partial charge < -0.3 is 14.4 Å².